The Balaban J connectivity index is 1.39. The van der Waals surface area contributed by atoms with E-state index in [2.05, 4.69) is 48.5 Å². The van der Waals surface area contributed by atoms with Crippen LogP contribution in [0.5, 0.6) is 11.5 Å². The van der Waals surface area contributed by atoms with Crippen molar-refractivity contribution in [3.05, 3.63) is 200 Å². The Morgan fingerprint density at radius 3 is 1.57 bits per heavy atom. The third-order valence-electron chi connectivity index (χ3n) is 9.22. The van der Waals surface area contributed by atoms with Crippen LogP contribution >= 0.6 is 23.2 Å². The van der Waals surface area contributed by atoms with Gasteiger partial charge in [0.15, 0.2) is 0 Å². The number of hydrogen-bond acceptors (Lipinski definition) is 4. The van der Waals surface area contributed by atoms with E-state index < -0.39 is 17.4 Å². The molecule has 0 atom stereocenters. The summed E-state index contributed by atoms with van der Waals surface area (Å²) in [7, 11) is 0. The largest absolute Gasteiger partial charge is 0.423 e. The van der Waals surface area contributed by atoms with Crippen LogP contribution in [-0.4, -0.2) is 11.9 Å². The molecular weight excluding hydrogens is 627 g/mol. The highest BCUT2D eigenvalue weighted by Gasteiger charge is 2.54. The molecule has 6 aromatic rings. The summed E-state index contributed by atoms with van der Waals surface area (Å²) in [6.45, 7) is 0. The van der Waals surface area contributed by atoms with Gasteiger partial charge in [0.2, 0.25) is 0 Å². The van der Waals surface area contributed by atoms with Gasteiger partial charge in [-0.1, -0.05) is 102 Å². The Morgan fingerprint density at radius 2 is 1.02 bits per heavy atom. The Kier molecular flexibility index (Phi) is 7.20. The van der Waals surface area contributed by atoms with E-state index in [1.165, 1.54) is 0 Å². The molecule has 2 bridgehead atoms. The molecule has 0 amide bonds. The fourth-order valence-electron chi connectivity index (χ4n) is 7.32. The van der Waals surface area contributed by atoms with Crippen LogP contribution in [0.3, 0.4) is 0 Å². The SMILES string of the molecule is O=C(Oc1ccc(OC(=O)c2ccc(Cl)cc2)c2c1C1c3ccccc3C2(Cc2ccccc2)c2ccccc21)c1ccc(Cl)cc1. The van der Waals surface area contributed by atoms with E-state index in [9.17, 15) is 9.59 Å². The molecule has 4 nitrogen and oxygen atoms in total. The maximum Gasteiger partial charge on any atom is 0.343 e. The second kappa shape index (κ2) is 11.6. The van der Waals surface area contributed by atoms with E-state index >= 15 is 0 Å². The molecule has 3 aliphatic carbocycles. The van der Waals surface area contributed by atoms with Crippen LogP contribution in [0.4, 0.5) is 0 Å². The Morgan fingerprint density at radius 1 is 0.553 bits per heavy atom. The van der Waals surface area contributed by atoms with Crippen LogP contribution in [0.2, 0.25) is 10.0 Å². The van der Waals surface area contributed by atoms with Crippen molar-refractivity contribution in [2.24, 2.45) is 0 Å². The number of ether oxygens (including phenoxy) is 2. The summed E-state index contributed by atoms with van der Waals surface area (Å²) < 4.78 is 12.5. The zero-order valence-corrected chi connectivity index (χ0v) is 26.5. The molecule has 0 aliphatic heterocycles. The Bertz CT molecular complexity index is 2130. The van der Waals surface area contributed by atoms with Crippen molar-refractivity contribution in [1.29, 1.82) is 0 Å². The summed E-state index contributed by atoms with van der Waals surface area (Å²) in [6.07, 6.45) is 0.585. The quantitative estimate of drug-likeness (QED) is 0.133. The van der Waals surface area contributed by atoms with E-state index in [1.54, 1.807) is 60.7 Å². The van der Waals surface area contributed by atoms with Crippen molar-refractivity contribution >= 4 is 35.1 Å². The molecule has 0 N–H and O–H groups in total. The van der Waals surface area contributed by atoms with E-state index in [0.717, 1.165) is 38.9 Å². The highest BCUT2D eigenvalue weighted by atomic mass is 35.5. The monoisotopic (exact) mass is 652 g/mol. The standard InChI is InChI=1S/C41H26Cl2O4/c42-28-18-14-26(15-19-28)39(44)46-34-22-23-35(47-40(45)27-16-20-29(43)21-17-27)38-37(34)36-30-10-4-6-12-32(30)41(38,24-25-8-2-1-3-9-25)33-13-7-5-11-31(33)36/h1-23,36H,24H2. The average molecular weight is 654 g/mol. The lowest BCUT2D eigenvalue weighted by molar-refractivity contribution is 0.0714. The van der Waals surface area contributed by atoms with Crippen molar-refractivity contribution < 1.29 is 19.1 Å². The molecule has 0 radical (unpaired) electrons. The molecule has 3 aliphatic rings. The fourth-order valence-corrected chi connectivity index (χ4v) is 7.57. The van der Waals surface area contributed by atoms with E-state index in [1.807, 2.05) is 30.3 Å². The maximum atomic E-state index is 13.7. The van der Waals surface area contributed by atoms with Gasteiger partial charge < -0.3 is 9.47 Å². The van der Waals surface area contributed by atoms with Crippen LogP contribution in [0.1, 0.15) is 65.6 Å². The lowest BCUT2D eigenvalue weighted by Gasteiger charge is -2.51. The first-order chi connectivity index (χ1) is 22.9. The predicted molar refractivity (Wildman–Crippen MR) is 183 cm³/mol. The highest BCUT2D eigenvalue weighted by Crippen LogP contribution is 2.64. The molecule has 6 heteroatoms. The fraction of sp³-hybridized carbons (Fsp3) is 0.0732. The Labute approximate surface area is 282 Å². The minimum Gasteiger partial charge on any atom is -0.423 e. The van der Waals surface area contributed by atoms with Gasteiger partial charge in [-0.2, -0.15) is 0 Å². The van der Waals surface area contributed by atoms with Gasteiger partial charge in [0, 0.05) is 27.1 Å². The van der Waals surface area contributed by atoms with Crippen molar-refractivity contribution in [2.45, 2.75) is 17.8 Å². The second-order valence-electron chi connectivity index (χ2n) is 11.8. The number of carbonyl (C=O) groups is 2. The number of hydrogen-bond donors (Lipinski definition) is 0. The number of carbonyl (C=O) groups excluding carboxylic acids is 2. The highest BCUT2D eigenvalue weighted by molar-refractivity contribution is 6.31. The van der Waals surface area contributed by atoms with Crippen LogP contribution in [0, 0.1) is 0 Å². The molecule has 0 saturated heterocycles. The maximum absolute atomic E-state index is 13.7. The van der Waals surface area contributed by atoms with Gasteiger partial charge in [0.05, 0.1) is 16.5 Å². The van der Waals surface area contributed by atoms with Gasteiger partial charge in [-0.25, -0.2) is 9.59 Å². The summed E-state index contributed by atoms with van der Waals surface area (Å²) in [5, 5.41) is 1.05. The topological polar surface area (TPSA) is 52.6 Å². The van der Waals surface area contributed by atoms with E-state index in [4.69, 9.17) is 32.7 Å². The molecular formula is C41H26Cl2O4. The lowest BCUT2D eigenvalue weighted by Crippen LogP contribution is -2.44. The van der Waals surface area contributed by atoms with Crippen LogP contribution in [0.15, 0.2) is 140 Å². The predicted octanol–water partition coefficient (Wildman–Crippen LogP) is 9.82. The van der Waals surface area contributed by atoms with Gasteiger partial charge in [0.25, 0.3) is 0 Å². The molecule has 6 aromatic carbocycles. The molecule has 0 spiro atoms. The first-order valence-electron chi connectivity index (χ1n) is 15.3. The van der Waals surface area contributed by atoms with Gasteiger partial charge in [-0.05, 0) is 94.9 Å². The normalized spacial score (nSPS) is 16.9. The summed E-state index contributed by atoms with van der Waals surface area (Å²) in [6, 6.07) is 43.9. The first-order valence-corrected chi connectivity index (χ1v) is 16.1. The lowest BCUT2D eigenvalue weighted by atomic mass is 9.51. The first kappa shape index (κ1) is 29.3. The number of benzene rings is 6. The molecule has 0 saturated carbocycles. The van der Waals surface area contributed by atoms with Crippen molar-refractivity contribution in [3.63, 3.8) is 0 Å². The third-order valence-corrected chi connectivity index (χ3v) is 9.73. The minimum atomic E-state index is -0.767. The zero-order chi connectivity index (χ0) is 32.1. The second-order valence-corrected chi connectivity index (χ2v) is 12.7. The molecule has 228 valence electrons. The summed E-state index contributed by atoms with van der Waals surface area (Å²) in [5.74, 6) is -0.450. The van der Waals surface area contributed by atoms with Crippen molar-refractivity contribution in [3.8, 4) is 11.5 Å². The molecule has 47 heavy (non-hydrogen) atoms. The van der Waals surface area contributed by atoms with Crippen molar-refractivity contribution in [2.75, 3.05) is 0 Å². The van der Waals surface area contributed by atoms with Crippen LogP contribution in [-0.2, 0) is 11.8 Å². The summed E-state index contributed by atoms with van der Waals surface area (Å²) in [4.78, 5) is 27.3. The van der Waals surface area contributed by atoms with Crippen LogP contribution in [0.25, 0.3) is 0 Å². The third kappa shape index (κ3) is 4.84. The van der Waals surface area contributed by atoms with Crippen LogP contribution < -0.4 is 9.47 Å². The number of halogens is 2. The minimum absolute atomic E-state index is 0.266. The summed E-state index contributed by atoms with van der Waals surface area (Å²) >= 11 is 12.2. The number of esters is 2. The summed E-state index contributed by atoms with van der Waals surface area (Å²) in [5.41, 5.74) is 7.23. The molecule has 9 rings (SSSR count). The molecule has 0 heterocycles. The number of rotatable bonds is 6. The zero-order valence-electron chi connectivity index (χ0n) is 25.0. The molecule has 0 aromatic heterocycles. The van der Waals surface area contributed by atoms with E-state index in [-0.39, 0.29) is 5.92 Å². The van der Waals surface area contributed by atoms with E-state index in [0.29, 0.717) is 39.1 Å². The van der Waals surface area contributed by atoms with Gasteiger partial charge in [0.1, 0.15) is 11.5 Å². The van der Waals surface area contributed by atoms with Gasteiger partial charge in [-0.3, -0.25) is 0 Å². The average Bonchev–Trinajstić information content (AvgIpc) is 3.10. The van der Waals surface area contributed by atoms with Gasteiger partial charge >= 0.3 is 11.9 Å². The van der Waals surface area contributed by atoms with Crippen molar-refractivity contribution in [1.82, 2.24) is 0 Å². The smallest absolute Gasteiger partial charge is 0.343 e. The van der Waals surface area contributed by atoms with Gasteiger partial charge in [-0.15, -0.1) is 0 Å². The Hall–Kier alpha value is -5.16. The molecule has 0 unspecified atom stereocenters. The molecule has 0 fully saturated rings.